The SMILES string of the molecule is C=C(/C=C(\C)CN1CCC(c2c(C)cc(C(C)=O)cc2F)CC1)/C(=C\C=NC)c1ccc(NC)nc1.CC.CCCC(CCC)CN1CCN(Cc2ccc3c(c2)C2(CC2)C(=O)N3C2CC2)CC1C.C[O-].[K+].[OH-]. The number of nitrogens with one attached hydrogen (secondary N) is 1. The van der Waals surface area contributed by atoms with Gasteiger partial charge in [0.2, 0.25) is 5.91 Å². The zero-order chi connectivity index (χ0) is 51.8. The summed E-state index contributed by atoms with van der Waals surface area (Å²) in [6.07, 6.45) is 19.3. The molecule has 4 fully saturated rings. The van der Waals surface area contributed by atoms with Crippen LogP contribution in [0.5, 0.6) is 0 Å². The Balaban J connectivity index is 0.000000354. The van der Waals surface area contributed by atoms with Crippen LogP contribution in [0.3, 0.4) is 0 Å². The maximum Gasteiger partial charge on any atom is 1.00 e. The number of nitrogens with zero attached hydrogens (tertiary/aromatic N) is 6. The number of likely N-dealkylation sites (tertiary alicyclic amines) is 1. The maximum atomic E-state index is 14.8. The zero-order valence-corrected chi connectivity index (χ0v) is 50.0. The largest absolute Gasteiger partial charge is 1.00 e. The van der Waals surface area contributed by atoms with E-state index in [1.54, 1.807) is 13.3 Å². The number of hydrogen-bond acceptors (Lipinski definition) is 10. The van der Waals surface area contributed by atoms with Gasteiger partial charge in [0.25, 0.3) is 0 Å². The van der Waals surface area contributed by atoms with Gasteiger partial charge >= 0.3 is 51.4 Å². The number of amides is 1. The number of piperidine rings is 1. The third-order valence-corrected chi connectivity index (χ3v) is 15.0. The zero-order valence-electron chi connectivity index (χ0n) is 46.8. The summed E-state index contributed by atoms with van der Waals surface area (Å²) in [5.74, 6) is 1.90. The van der Waals surface area contributed by atoms with Gasteiger partial charge in [0.05, 0.1) is 5.41 Å². The summed E-state index contributed by atoms with van der Waals surface area (Å²) < 4.78 is 14.8. The molecule has 13 heteroatoms. The van der Waals surface area contributed by atoms with E-state index in [4.69, 9.17) is 5.11 Å². The first-order chi connectivity index (χ1) is 34.3. The summed E-state index contributed by atoms with van der Waals surface area (Å²) in [7, 11) is 4.34. The van der Waals surface area contributed by atoms with Crippen LogP contribution >= 0.6 is 0 Å². The molecular weight excluding hydrogens is 941 g/mol. The number of carbonyl (C=O) groups is 2. The van der Waals surface area contributed by atoms with Crippen LogP contribution in [-0.2, 0) is 16.8 Å². The third kappa shape index (κ3) is 16.9. The predicted octanol–water partition coefficient (Wildman–Crippen LogP) is 8.02. The number of aliphatic imine (C=N–C) groups is 1. The second-order valence-corrected chi connectivity index (χ2v) is 20.3. The van der Waals surface area contributed by atoms with Crippen LogP contribution in [0.1, 0.15) is 157 Å². The van der Waals surface area contributed by atoms with E-state index in [9.17, 15) is 14.0 Å². The molecule has 396 valence electrons. The molecule has 4 heterocycles. The molecular formula is C60H88FKN7O4-. The quantitative estimate of drug-likeness (QED) is 0.0582. The standard InChI is InChI=1S/C30H37FN4O.C27H41N3O.C2H6.CH3O.K.H2O/c1-20(15-21(2)27(9-12-32-5)25-7-8-29(33-6)34-18-25)19-35-13-10-24(11-14-35)30-22(3)16-26(23(4)36)17-28(30)31;1-4-6-21(7-5-2)19-29-15-14-28(17-20(29)3)18-22-8-11-25-24(16-22)27(12-13-27)26(31)30(25)23-9-10-23;2*1-2;;/h7-9,12,15-18,24H,2,10-11,13-14,19H2,1,3-6H3,(H,33,34);8,11,16,20-21,23H,4-7,9-10,12-15,17-19H2,1-3H3;1-2H3;1H3;;1H2/q;;;-1;+1;/p-1/b20-15+,27-9+,32-12?;;;;;. The molecule has 0 bridgehead atoms. The van der Waals surface area contributed by atoms with Gasteiger partial charge in [-0.05, 0) is 174 Å². The van der Waals surface area contributed by atoms with Crippen LogP contribution in [0.4, 0.5) is 15.9 Å². The Hall–Kier alpha value is -3.21. The van der Waals surface area contributed by atoms with Crippen LogP contribution in [0.2, 0.25) is 0 Å². The van der Waals surface area contributed by atoms with E-state index in [1.165, 1.54) is 87.0 Å². The van der Waals surface area contributed by atoms with Crippen molar-refractivity contribution in [3.8, 4) is 0 Å². The molecule has 2 saturated heterocycles. The molecule has 1 aromatic heterocycles. The molecule has 3 aromatic rings. The average Bonchev–Trinajstić information content (AvgIpc) is 4.32. The van der Waals surface area contributed by atoms with Crippen molar-refractivity contribution in [3.63, 3.8) is 0 Å². The minimum atomic E-state index is -0.252. The Morgan fingerprint density at radius 1 is 0.973 bits per heavy atom. The normalized spacial score (nSPS) is 18.9. The van der Waals surface area contributed by atoms with Crippen LogP contribution in [0, 0.1) is 18.7 Å². The first-order valence-electron chi connectivity index (χ1n) is 26.8. The van der Waals surface area contributed by atoms with Gasteiger partial charge < -0.3 is 20.8 Å². The molecule has 2 N–H and O–H groups in total. The number of ketones is 1. The number of halogens is 1. The smallest absolute Gasteiger partial charge is 0.870 e. The number of carbonyl (C=O) groups excluding carboxylic acids is 2. The molecule has 11 nitrogen and oxygen atoms in total. The minimum absolute atomic E-state index is 0. The molecule has 1 spiro atoms. The summed E-state index contributed by atoms with van der Waals surface area (Å²) in [5, 5.41) is 11.3. The van der Waals surface area contributed by atoms with E-state index in [2.05, 4.69) is 93.4 Å². The van der Waals surface area contributed by atoms with Gasteiger partial charge in [0.1, 0.15) is 11.6 Å². The summed E-state index contributed by atoms with van der Waals surface area (Å²) in [4.78, 5) is 43.2. The second-order valence-electron chi connectivity index (χ2n) is 20.3. The van der Waals surface area contributed by atoms with E-state index < -0.39 is 0 Å². The predicted molar refractivity (Wildman–Crippen MR) is 295 cm³/mol. The first-order valence-corrected chi connectivity index (χ1v) is 26.8. The summed E-state index contributed by atoms with van der Waals surface area (Å²) >= 11 is 0. The van der Waals surface area contributed by atoms with Crippen molar-refractivity contribution in [2.75, 3.05) is 77.2 Å². The Morgan fingerprint density at radius 2 is 1.64 bits per heavy atom. The number of fused-ring (bicyclic) bond motifs is 2. The first kappa shape index (κ1) is 64.1. The van der Waals surface area contributed by atoms with Crippen molar-refractivity contribution in [2.45, 2.75) is 150 Å². The van der Waals surface area contributed by atoms with Gasteiger partial charge in [-0.3, -0.25) is 29.3 Å². The van der Waals surface area contributed by atoms with Crippen molar-refractivity contribution in [1.82, 2.24) is 19.7 Å². The van der Waals surface area contributed by atoms with Gasteiger partial charge in [0, 0.05) is 94.7 Å². The van der Waals surface area contributed by atoms with Crippen LogP contribution in [0.15, 0.2) is 83.5 Å². The van der Waals surface area contributed by atoms with Gasteiger partial charge in [-0.1, -0.05) is 70.9 Å². The van der Waals surface area contributed by atoms with Gasteiger partial charge in [-0.25, -0.2) is 9.37 Å². The van der Waals surface area contributed by atoms with Crippen LogP contribution < -0.4 is 66.7 Å². The molecule has 73 heavy (non-hydrogen) atoms. The molecule has 1 unspecified atom stereocenters. The van der Waals surface area contributed by atoms with E-state index in [-0.39, 0.29) is 79.8 Å². The number of rotatable bonds is 18. The fraction of sp³-hybridized carbons (Fsp3) is 0.567. The minimum Gasteiger partial charge on any atom is -0.870 e. The van der Waals surface area contributed by atoms with E-state index >= 15 is 0 Å². The number of allylic oxidation sites excluding steroid dienone is 4. The fourth-order valence-corrected chi connectivity index (χ4v) is 11.1. The molecule has 2 aliphatic carbocycles. The summed E-state index contributed by atoms with van der Waals surface area (Å²) in [6.45, 7) is 29.3. The topological polar surface area (TPSA) is 137 Å². The molecule has 3 aliphatic heterocycles. The number of benzene rings is 2. The molecule has 2 saturated carbocycles. The Morgan fingerprint density at radius 3 is 2.18 bits per heavy atom. The Kier molecular flexibility index (Phi) is 27.3. The molecule has 1 atom stereocenters. The Bertz CT molecular complexity index is 2310. The van der Waals surface area contributed by atoms with E-state index in [1.807, 2.05) is 58.3 Å². The number of aromatic nitrogens is 1. The van der Waals surface area contributed by atoms with Crippen molar-refractivity contribution >= 4 is 35.0 Å². The van der Waals surface area contributed by atoms with Gasteiger partial charge in [-0.15, -0.1) is 0 Å². The number of Topliss-reactive ketones (excluding diaryl/α,β-unsaturated/α-hetero) is 1. The molecule has 5 aliphatic rings. The van der Waals surface area contributed by atoms with Crippen LogP contribution in [0.25, 0.3) is 5.57 Å². The van der Waals surface area contributed by atoms with Crippen molar-refractivity contribution in [3.05, 3.63) is 118 Å². The third-order valence-electron chi connectivity index (χ3n) is 15.0. The molecule has 8 rings (SSSR count). The summed E-state index contributed by atoms with van der Waals surface area (Å²) in [6, 6.07) is 15.2. The van der Waals surface area contributed by atoms with Crippen molar-refractivity contribution in [2.24, 2.45) is 10.9 Å². The number of pyridine rings is 1. The van der Waals surface area contributed by atoms with Crippen LogP contribution in [-0.4, -0.2) is 122 Å². The monoisotopic (exact) mass is 1030 g/mol. The van der Waals surface area contributed by atoms with Gasteiger partial charge in [-0.2, -0.15) is 7.11 Å². The number of aryl methyl sites for hydroxylation is 1. The van der Waals surface area contributed by atoms with Gasteiger partial charge in [0.15, 0.2) is 5.78 Å². The van der Waals surface area contributed by atoms with E-state index in [0.717, 1.165) is 112 Å². The number of piperazine rings is 1. The molecule has 2 aromatic carbocycles. The molecule has 0 radical (unpaired) electrons. The van der Waals surface area contributed by atoms with Crippen molar-refractivity contribution in [1.29, 1.82) is 0 Å². The maximum absolute atomic E-state index is 14.8. The van der Waals surface area contributed by atoms with Crippen molar-refractivity contribution < 1.29 is 75.9 Å². The molecule has 1 amide bonds. The number of anilines is 2. The average molecular weight is 1030 g/mol. The summed E-state index contributed by atoms with van der Waals surface area (Å²) in [5.41, 5.74) is 9.99. The van der Waals surface area contributed by atoms with E-state index in [0.29, 0.717) is 23.6 Å². The number of hydrogen-bond donors (Lipinski definition) is 1. The fourth-order valence-electron chi connectivity index (χ4n) is 11.1. The second kappa shape index (κ2) is 31.1. The Labute approximate surface area is 482 Å².